The van der Waals surface area contributed by atoms with Gasteiger partial charge in [0.2, 0.25) is 0 Å². The highest BCUT2D eigenvalue weighted by molar-refractivity contribution is 7.12. The van der Waals surface area contributed by atoms with E-state index < -0.39 is 23.2 Å². The summed E-state index contributed by atoms with van der Waals surface area (Å²) in [4.78, 5) is 12.9. The average Bonchev–Trinajstić information content (AvgIpc) is 2.88. The maximum absolute atomic E-state index is 13.7. The number of aryl methyl sites for hydroxylation is 1. The molecule has 1 aromatic heterocycles. The predicted molar refractivity (Wildman–Crippen MR) is 74.3 cm³/mol. The summed E-state index contributed by atoms with van der Waals surface area (Å²) in [6, 6.07) is 6.20. The van der Waals surface area contributed by atoms with E-state index >= 15 is 0 Å². The molecule has 2 rings (SSSR count). The van der Waals surface area contributed by atoms with Gasteiger partial charge in [0.15, 0.2) is 11.6 Å². The van der Waals surface area contributed by atoms with Crippen LogP contribution in [-0.2, 0) is 13.0 Å². The van der Waals surface area contributed by atoms with Crippen molar-refractivity contribution in [3.63, 3.8) is 0 Å². The maximum Gasteiger partial charge on any atom is 0.338 e. The lowest BCUT2D eigenvalue weighted by Gasteiger charge is -2.08. The Morgan fingerprint density at radius 1 is 1.20 bits per heavy atom. The molecule has 0 saturated heterocycles. The zero-order chi connectivity index (χ0) is 14.7. The molecule has 0 aliphatic heterocycles. The summed E-state index contributed by atoms with van der Waals surface area (Å²) < 4.78 is 27.2. The Labute approximate surface area is 118 Å². The molecule has 0 radical (unpaired) electrons. The Kier molecular flexibility index (Phi) is 4.34. The summed E-state index contributed by atoms with van der Waals surface area (Å²) in [5, 5.41) is 11.5. The molecule has 0 aliphatic carbocycles. The number of benzene rings is 1. The standard InChI is InChI=1S/C14H13F2NO2S/c1-2-8-3-4-9(20-8)7-17-11-6-5-10(14(18)19)12(15)13(11)16/h3-6,17H,2,7H2,1H3,(H,18,19). The van der Waals surface area contributed by atoms with Crippen molar-refractivity contribution in [2.75, 3.05) is 5.32 Å². The fourth-order valence-electron chi connectivity index (χ4n) is 1.74. The quantitative estimate of drug-likeness (QED) is 0.880. The highest BCUT2D eigenvalue weighted by atomic mass is 32.1. The van der Waals surface area contributed by atoms with Crippen molar-refractivity contribution in [1.29, 1.82) is 0 Å². The normalized spacial score (nSPS) is 10.6. The second-order valence-corrected chi connectivity index (χ2v) is 5.42. The molecule has 3 nitrogen and oxygen atoms in total. The molecule has 20 heavy (non-hydrogen) atoms. The van der Waals surface area contributed by atoms with Gasteiger partial charge in [-0.1, -0.05) is 6.92 Å². The number of anilines is 1. The van der Waals surface area contributed by atoms with Gasteiger partial charge < -0.3 is 10.4 Å². The van der Waals surface area contributed by atoms with E-state index in [1.807, 2.05) is 19.1 Å². The lowest BCUT2D eigenvalue weighted by atomic mass is 10.2. The Morgan fingerprint density at radius 2 is 1.90 bits per heavy atom. The molecule has 0 bridgehead atoms. The first-order valence-electron chi connectivity index (χ1n) is 6.05. The zero-order valence-electron chi connectivity index (χ0n) is 10.7. The second-order valence-electron chi connectivity index (χ2n) is 4.17. The summed E-state index contributed by atoms with van der Waals surface area (Å²) >= 11 is 1.60. The lowest BCUT2D eigenvalue weighted by molar-refractivity contribution is 0.0690. The van der Waals surface area contributed by atoms with Crippen molar-refractivity contribution in [3.8, 4) is 0 Å². The first-order valence-corrected chi connectivity index (χ1v) is 6.87. The summed E-state index contributed by atoms with van der Waals surface area (Å²) in [5.74, 6) is -4.00. The van der Waals surface area contributed by atoms with E-state index in [1.54, 1.807) is 11.3 Å². The topological polar surface area (TPSA) is 49.3 Å². The molecule has 106 valence electrons. The molecular formula is C14H13F2NO2S. The molecule has 0 spiro atoms. The third-order valence-electron chi connectivity index (χ3n) is 2.83. The maximum atomic E-state index is 13.7. The SMILES string of the molecule is CCc1ccc(CNc2ccc(C(=O)O)c(F)c2F)s1. The van der Waals surface area contributed by atoms with Gasteiger partial charge in [-0.05, 0) is 30.7 Å². The number of hydrogen-bond donors (Lipinski definition) is 2. The number of aromatic carboxylic acids is 1. The van der Waals surface area contributed by atoms with Crippen molar-refractivity contribution in [2.45, 2.75) is 19.9 Å². The van der Waals surface area contributed by atoms with Crippen LogP contribution in [0.2, 0.25) is 0 Å². The predicted octanol–water partition coefficient (Wildman–Crippen LogP) is 3.90. The summed E-state index contributed by atoms with van der Waals surface area (Å²) in [6.45, 7) is 2.41. The molecule has 0 saturated carbocycles. The van der Waals surface area contributed by atoms with Crippen LogP contribution in [0.1, 0.15) is 27.0 Å². The third-order valence-corrected chi connectivity index (χ3v) is 4.06. The van der Waals surface area contributed by atoms with Gasteiger partial charge in [-0.15, -0.1) is 11.3 Å². The number of thiophene rings is 1. The van der Waals surface area contributed by atoms with E-state index in [1.165, 1.54) is 10.9 Å². The van der Waals surface area contributed by atoms with Gasteiger partial charge in [-0.2, -0.15) is 0 Å². The number of hydrogen-bond acceptors (Lipinski definition) is 3. The van der Waals surface area contributed by atoms with Gasteiger partial charge in [-0.25, -0.2) is 13.6 Å². The summed E-state index contributed by atoms with van der Waals surface area (Å²) in [5.41, 5.74) is -0.712. The van der Waals surface area contributed by atoms with Crippen molar-refractivity contribution in [3.05, 3.63) is 51.2 Å². The van der Waals surface area contributed by atoms with E-state index in [0.717, 1.165) is 17.4 Å². The molecule has 1 heterocycles. The second kappa shape index (κ2) is 6.00. The minimum absolute atomic E-state index is 0.0426. The van der Waals surface area contributed by atoms with Crippen LogP contribution in [0.4, 0.5) is 14.5 Å². The fourth-order valence-corrected chi connectivity index (χ4v) is 2.64. The first-order chi connectivity index (χ1) is 9.52. The molecular weight excluding hydrogens is 284 g/mol. The Balaban J connectivity index is 2.14. The molecule has 6 heteroatoms. The number of halogens is 2. The van der Waals surface area contributed by atoms with Crippen LogP contribution in [0.25, 0.3) is 0 Å². The molecule has 1 aromatic carbocycles. The monoisotopic (exact) mass is 297 g/mol. The number of rotatable bonds is 5. The average molecular weight is 297 g/mol. The van der Waals surface area contributed by atoms with Crippen molar-refractivity contribution < 1.29 is 18.7 Å². The molecule has 2 N–H and O–H groups in total. The largest absolute Gasteiger partial charge is 0.478 e. The van der Waals surface area contributed by atoms with Crippen LogP contribution in [-0.4, -0.2) is 11.1 Å². The van der Waals surface area contributed by atoms with Gasteiger partial charge in [0, 0.05) is 16.3 Å². The van der Waals surface area contributed by atoms with Crippen LogP contribution in [0.3, 0.4) is 0 Å². The van der Waals surface area contributed by atoms with E-state index in [4.69, 9.17) is 5.11 Å². The molecule has 0 aliphatic rings. The van der Waals surface area contributed by atoms with Gasteiger partial charge in [-0.3, -0.25) is 0 Å². The summed E-state index contributed by atoms with van der Waals surface area (Å²) in [7, 11) is 0. The molecule has 0 atom stereocenters. The van der Waals surface area contributed by atoms with Crippen LogP contribution in [0.5, 0.6) is 0 Å². The van der Waals surface area contributed by atoms with Gasteiger partial charge in [0.1, 0.15) is 0 Å². The van der Waals surface area contributed by atoms with Crippen LogP contribution < -0.4 is 5.32 Å². The molecule has 0 amide bonds. The molecule has 0 fully saturated rings. The molecule has 2 aromatic rings. The molecule has 0 unspecified atom stereocenters. The minimum atomic E-state index is -1.49. The highest BCUT2D eigenvalue weighted by Gasteiger charge is 2.17. The van der Waals surface area contributed by atoms with Crippen molar-refractivity contribution in [1.82, 2.24) is 0 Å². The fraction of sp³-hybridized carbons (Fsp3) is 0.214. The Bertz CT molecular complexity index is 640. The van der Waals surface area contributed by atoms with E-state index in [0.29, 0.717) is 6.54 Å². The smallest absolute Gasteiger partial charge is 0.338 e. The van der Waals surface area contributed by atoms with Gasteiger partial charge in [0.05, 0.1) is 11.3 Å². The van der Waals surface area contributed by atoms with Gasteiger partial charge in [0.25, 0.3) is 0 Å². The lowest BCUT2D eigenvalue weighted by Crippen LogP contribution is -2.07. The minimum Gasteiger partial charge on any atom is -0.478 e. The van der Waals surface area contributed by atoms with Gasteiger partial charge >= 0.3 is 5.97 Å². The van der Waals surface area contributed by atoms with Crippen LogP contribution >= 0.6 is 11.3 Å². The van der Waals surface area contributed by atoms with E-state index in [-0.39, 0.29) is 5.69 Å². The Hall–Kier alpha value is -1.95. The van der Waals surface area contributed by atoms with Crippen molar-refractivity contribution >= 4 is 23.0 Å². The van der Waals surface area contributed by atoms with Crippen LogP contribution in [0.15, 0.2) is 24.3 Å². The number of carboxylic acid groups (broad SMARTS) is 1. The highest BCUT2D eigenvalue weighted by Crippen LogP contribution is 2.23. The van der Waals surface area contributed by atoms with Crippen molar-refractivity contribution in [2.24, 2.45) is 0 Å². The summed E-state index contributed by atoms with van der Waals surface area (Å²) in [6.07, 6.45) is 0.932. The number of nitrogens with one attached hydrogen (secondary N) is 1. The van der Waals surface area contributed by atoms with Crippen LogP contribution in [0, 0.1) is 11.6 Å². The number of carbonyl (C=O) groups is 1. The third kappa shape index (κ3) is 2.96. The van der Waals surface area contributed by atoms with E-state index in [9.17, 15) is 13.6 Å². The van der Waals surface area contributed by atoms with E-state index in [2.05, 4.69) is 5.32 Å². The Morgan fingerprint density at radius 3 is 2.50 bits per heavy atom. The number of carboxylic acids is 1. The zero-order valence-corrected chi connectivity index (χ0v) is 11.6. The first kappa shape index (κ1) is 14.5.